The first kappa shape index (κ1) is 19.5. The minimum atomic E-state index is -0.0922. The second kappa shape index (κ2) is 8.25. The maximum absolute atomic E-state index is 12.6. The number of aromatic nitrogens is 3. The lowest BCUT2D eigenvalue weighted by Gasteiger charge is -2.36. The van der Waals surface area contributed by atoms with Crippen molar-refractivity contribution in [3.05, 3.63) is 76.5 Å². The normalized spacial score (nSPS) is 15.2. The van der Waals surface area contributed by atoms with Crippen molar-refractivity contribution in [2.45, 2.75) is 33.4 Å². The Hall–Kier alpha value is -2.86. The maximum Gasteiger partial charge on any atom is 0.350 e. The highest BCUT2D eigenvalue weighted by molar-refractivity contribution is 5.55. The molecule has 0 unspecified atom stereocenters. The molecule has 1 fully saturated rings. The molecule has 0 spiro atoms. The molecule has 0 saturated carbocycles. The van der Waals surface area contributed by atoms with Crippen molar-refractivity contribution in [2.24, 2.45) is 0 Å². The molecular formula is C23H29N5O. The molecule has 6 heteroatoms. The van der Waals surface area contributed by atoms with Gasteiger partial charge in [-0.2, -0.15) is 5.10 Å². The van der Waals surface area contributed by atoms with Crippen LogP contribution in [0.3, 0.4) is 0 Å². The van der Waals surface area contributed by atoms with Gasteiger partial charge in [-0.25, -0.2) is 14.0 Å². The zero-order valence-corrected chi connectivity index (χ0v) is 17.5. The van der Waals surface area contributed by atoms with Gasteiger partial charge in [0.1, 0.15) is 6.33 Å². The van der Waals surface area contributed by atoms with Gasteiger partial charge in [-0.3, -0.25) is 4.90 Å². The Labute approximate surface area is 172 Å². The number of hydrogen-bond donors (Lipinski definition) is 0. The van der Waals surface area contributed by atoms with Crippen LogP contribution in [0.15, 0.2) is 59.7 Å². The molecule has 0 bridgehead atoms. The summed E-state index contributed by atoms with van der Waals surface area (Å²) >= 11 is 0. The number of piperazine rings is 1. The number of aryl methyl sites for hydroxylation is 1. The van der Waals surface area contributed by atoms with E-state index >= 15 is 0 Å². The molecule has 1 saturated heterocycles. The Morgan fingerprint density at radius 2 is 1.72 bits per heavy atom. The molecule has 1 aliphatic heterocycles. The standard InChI is InChI=1S/C23H29N5O/c1-18(2)28-23(29)27(17-24-28)22-10-9-21(15-19(22)3)26-13-11-25(12-14-26)16-20-7-5-4-6-8-20/h4-10,15,17-18H,11-14,16H2,1-3H3. The van der Waals surface area contributed by atoms with Crippen LogP contribution in [0.4, 0.5) is 5.69 Å². The van der Waals surface area contributed by atoms with Gasteiger partial charge in [0.2, 0.25) is 0 Å². The Morgan fingerprint density at radius 3 is 2.34 bits per heavy atom. The third-order valence-electron chi connectivity index (χ3n) is 5.61. The second-order valence-electron chi connectivity index (χ2n) is 8.04. The smallest absolute Gasteiger partial charge is 0.350 e. The Bertz CT molecular complexity index is 1010. The molecule has 0 atom stereocenters. The fraction of sp³-hybridized carbons (Fsp3) is 0.391. The van der Waals surface area contributed by atoms with E-state index in [1.165, 1.54) is 15.9 Å². The predicted octanol–water partition coefficient (Wildman–Crippen LogP) is 3.25. The lowest BCUT2D eigenvalue weighted by molar-refractivity contribution is 0.250. The molecule has 1 aliphatic rings. The summed E-state index contributed by atoms with van der Waals surface area (Å²) in [4.78, 5) is 17.5. The summed E-state index contributed by atoms with van der Waals surface area (Å²) in [6, 6.07) is 17.0. The molecule has 2 heterocycles. The van der Waals surface area contributed by atoms with E-state index in [4.69, 9.17) is 0 Å². The molecule has 29 heavy (non-hydrogen) atoms. The van der Waals surface area contributed by atoms with Crippen LogP contribution < -0.4 is 10.6 Å². The first-order valence-corrected chi connectivity index (χ1v) is 10.3. The molecule has 1 aromatic heterocycles. The van der Waals surface area contributed by atoms with Gasteiger partial charge in [-0.1, -0.05) is 30.3 Å². The molecule has 4 rings (SSSR count). The topological polar surface area (TPSA) is 46.3 Å². The lowest BCUT2D eigenvalue weighted by atomic mass is 10.1. The van der Waals surface area contributed by atoms with Crippen molar-refractivity contribution < 1.29 is 0 Å². The van der Waals surface area contributed by atoms with Gasteiger partial charge in [-0.15, -0.1) is 0 Å². The SMILES string of the molecule is Cc1cc(N2CCN(Cc3ccccc3)CC2)ccc1-n1cnn(C(C)C)c1=O. The number of benzene rings is 2. The maximum atomic E-state index is 12.6. The van der Waals surface area contributed by atoms with Gasteiger partial charge in [0.25, 0.3) is 0 Å². The van der Waals surface area contributed by atoms with E-state index < -0.39 is 0 Å². The van der Waals surface area contributed by atoms with Crippen molar-refractivity contribution >= 4 is 5.69 Å². The quantitative estimate of drug-likeness (QED) is 0.670. The summed E-state index contributed by atoms with van der Waals surface area (Å²) in [6.45, 7) is 11.1. The van der Waals surface area contributed by atoms with E-state index in [0.29, 0.717) is 0 Å². The van der Waals surface area contributed by atoms with Gasteiger partial charge in [-0.05, 0) is 50.1 Å². The molecule has 152 valence electrons. The summed E-state index contributed by atoms with van der Waals surface area (Å²) in [6.07, 6.45) is 1.62. The summed E-state index contributed by atoms with van der Waals surface area (Å²) in [7, 11) is 0. The number of nitrogens with zero attached hydrogens (tertiary/aromatic N) is 5. The zero-order valence-electron chi connectivity index (χ0n) is 17.5. The molecule has 0 radical (unpaired) electrons. The van der Waals surface area contributed by atoms with E-state index in [2.05, 4.69) is 64.3 Å². The van der Waals surface area contributed by atoms with Crippen molar-refractivity contribution in [3.63, 3.8) is 0 Å². The minimum absolute atomic E-state index is 0.0514. The van der Waals surface area contributed by atoms with Crippen LogP contribution in [0, 0.1) is 6.92 Å². The van der Waals surface area contributed by atoms with Crippen LogP contribution in [-0.4, -0.2) is 45.4 Å². The lowest BCUT2D eigenvalue weighted by Crippen LogP contribution is -2.46. The van der Waals surface area contributed by atoms with E-state index in [0.717, 1.165) is 44.0 Å². The Kier molecular flexibility index (Phi) is 5.53. The molecule has 0 amide bonds. The molecular weight excluding hydrogens is 362 g/mol. The van der Waals surface area contributed by atoms with Crippen LogP contribution in [0.25, 0.3) is 5.69 Å². The average molecular weight is 392 g/mol. The largest absolute Gasteiger partial charge is 0.369 e. The van der Waals surface area contributed by atoms with Gasteiger partial charge in [0.15, 0.2) is 0 Å². The monoisotopic (exact) mass is 391 g/mol. The minimum Gasteiger partial charge on any atom is -0.369 e. The fourth-order valence-electron chi connectivity index (χ4n) is 3.95. The van der Waals surface area contributed by atoms with Crippen LogP contribution in [0.1, 0.15) is 31.0 Å². The first-order chi connectivity index (χ1) is 14.0. The van der Waals surface area contributed by atoms with Crippen LogP contribution >= 0.6 is 0 Å². The van der Waals surface area contributed by atoms with Crippen LogP contribution in [-0.2, 0) is 6.54 Å². The van der Waals surface area contributed by atoms with Gasteiger partial charge in [0.05, 0.1) is 11.7 Å². The molecule has 0 aliphatic carbocycles. The van der Waals surface area contributed by atoms with Crippen molar-refractivity contribution in [3.8, 4) is 5.69 Å². The van der Waals surface area contributed by atoms with Gasteiger partial charge >= 0.3 is 5.69 Å². The molecule has 2 aromatic carbocycles. The first-order valence-electron chi connectivity index (χ1n) is 10.3. The van der Waals surface area contributed by atoms with Crippen molar-refractivity contribution in [1.29, 1.82) is 0 Å². The zero-order chi connectivity index (χ0) is 20.4. The molecule has 6 nitrogen and oxygen atoms in total. The number of hydrogen-bond acceptors (Lipinski definition) is 4. The van der Waals surface area contributed by atoms with Gasteiger partial charge in [0, 0.05) is 38.4 Å². The average Bonchev–Trinajstić information content (AvgIpc) is 3.11. The Morgan fingerprint density at radius 1 is 1.00 bits per heavy atom. The predicted molar refractivity (Wildman–Crippen MR) is 117 cm³/mol. The van der Waals surface area contributed by atoms with E-state index in [9.17, 15) is 4.79 Å². The Balaban J connectivity index is 1.44. The third kappa shape index (κ3) is 4.12. The van der Waals surface area contributed by atoms with E-state index in [1.807, 2.05) is 19.9 Å². The number of rotatable bonds is 5. The number of anilines is 1. The highest BCUT2D eigenvalue weighted by Gasteiger charge is 2.18. The van der Waals surface area contributed by atoms with Crippen molar-refractivity contribution in [2.75, 3.05) is 31.1 Å². The highest BCUT2D eigenvalue weighted by Crippen LogP contribution is 2.23. The second-order valence-corrected chi connectivity index (χ2v) is 8.04. The third-order valence-corrected chi connectivity index (χ3v) is 5.61. The fourth-order valence-corrected chi connectivity index (χ4v) is 3.95. The van der Waals surface area contributed by atoms with E-state index in [1.54, 1.807) is 10.9 Å². The van der Waals surface area contributed by atoms with Crippen molar-refractivity contribution in [1.82, 2.24) is 19.2 Å². The summed E-state index contributed by atoms with van der Waals surface area (Å²) < 4.78 is 3.15. The molecule has 0 N–H and O–H groups in total. The summed E-state index contributed by atoms with van der Waals surface area (Å²) in [5.74, 6) is 0. The highest BCUT2D eigenvalue weighted by atomic mass is 16.2. The van der Waals surface area contributed by atoms with Crippen LogP contribution in [0.5, 0.6) is 0 Å². The summed E-state index contributed by atoms with van der Waals surface area (Å²) in [5.41, 5.74) is 4.47. The molecule has 3 aromatic rings. The van der Waals surface area contributed by atoms with Gasteiger partial charge < -0.3 is 4.90 Å². The van der Waals surface area contributed by atoms with E-state index in [-0.39, 0.29) is 11.7 Å². The summed E-state index contributed by atoms with van der Waals surface area (Å²) in [5, 5.41) is 4.24. The van der Waals surface area contributed by atoms with Crippen LogP contribution in [0.2, 0.25) is 0 Å².